The molecule has 1 N–H and O–H groups in total. The lowest BCUT2D eigenvalue weighted by atomic mass is 10.6. The van der Waals surface area contributed by atoms with E-state index in [9.17, 15) is 4.79 Å². The first-order chi connectivity index (χ1) is 4.68. The van der Waals surface area contributed by atoms with E-state index in [2.05, 4.69) is 10.3 Å². The van der Waals surface area contributed by atoms with Crippen molar-refractivity contribution in [3.05, 3.63) is 5.38 Å². The van der Waals surface area contributed by atoms with Crippen molar-refractivity contribution in [2.45, 2.75) is 11.3 Å². The van der Waals surface area contributed by atoms with Crippen LogP contribution in [0.1, 0.15) is 6.92 Å². The molecule has 1 heterocycles. The van der Waals surface area contributed by atoms with E-state index in [4.69, 9.17) is 12.6 Å². The summed E-state index contributed by atoms with van der Waals surface area (Å²) in [7, 11) is 0. The molecule has 0 atom stereocenters. The van der Waals surface area contributed by atoms with Gasteiger partial charge in [-0.2, -0.15) is 0 Å². The molecule has 0 aliphatic carbocycles. The number of rotatable bonds is 1. The van der Waals surface area contributed by atoms with Gasteiger partial charge in [0.05, 0.1) is 0 Å². The van der Waals surface area contributed by atoms with Crippen LogP contribution in [0.2, 0.25) is 0 Å². The zero-order valence-corrected chi connectivity index (χ0v) is 6.88. The monoisotopic (exact) mass is 173 g/mol. The molecule has 0 aliphatic rings. The van der Waals surface area contributed by atoms with Crippen molar-refractivity contribution in [3.8, 4) is 0 Å². The maximum atomic E-state index is 10.4. The molecule has 0 aliphatic heterocycles. The maximum absolute atomic E-state index is 10.4. The van der Waals surface area contributed by atoms with Crippen LogP contribution in [-0.2, 0) is 4.79 Å². The van der Waals surface area contributed by atoms with E-state index in [1.807, 2.05) is 0 Å². The van der Waals surface area contributed by atoms with Crippen LogP contribution >= 0.6 is 24.0 Å². The van der Waals surface area contributed by atoms with Crippen molar-refractivity contribution in [2.75, 3.05) is 5.32 Å². The second-order valence-corrected chi connectivity index (χ2v) is 3.18. The Kier molecular flexibility index (Phi) is 2.18. The molecule has 0 saturated heterocycles. The lowest BCUT2D eigenvalue weighted by Gasteiger charge is -1.91. The number of anilines is 1. The highest BCUT2D eigenvalue weighted by atomic mass is 32.2. The molecule has 1 rings (SSSR count). The number of carbonyl (C=O) groups is 1. The van der Waals surface area contributed by atoms with Gasteiger partial charge in [0.1, 0.15) is 5.82 Å². The number of thiazole rings is 1. The maximum Gasteiger partial charge on any atom is 0.222 e. The van der Waals surface area contributed by atoms with Crippen LogP contribution in [-0.4, -0.2) is 10.9 Å². The number of hydrogen-bond acceptors (Lipinski definition) is 3. The van der Waals surface area contributed by atoms with Gasteiger partial charge in [-0.05, 0) is 12.6 Å². The van der Waals surface area contributed by atoms with Crippen molar-refractivity contribution < 1.29 is 4.79 Å². The fourth-order valence-electron chi connectivity index (χ4n) is 0.495. The minimum atomic E-state index is -0.125. The van der Waals surface area contributed by atoms with Crippen LogP contribution in [0.5, 0.6) is 0 Å². The van der Waals surface area contributed by atoms with Gasteiger partial charge in [-0.15, -0.1) is 11.3 Å². The van der Waals surface area contributed by atoms with Crippen molar-refractivity contribution in [1.82, 2.24) is 4.98 Å². The van der Waals surface area contributed by atoms with Gasteiger partial charge in [-0.1, -0.05) is 0 Å². The van der Waals surface area contributed by atoms with Crippen LogP contribution in [0.4, 0.5) is 5.82 Å². The normalized spacial score (nSPS) is 9.30. The molecule has 53 valence electrons. The summed E-state index contributed by atoms with van der Waals surface area (Å²) in [5.41, 5.74) is 0. The minimum absolute atomic E-state index is 0.125. The Morgan fingerprint density at radius 1 is 1.90 bits per heavy atom. The van der Waals surface area contributed by atoms with Crippen molar-refractivity contribution >= 4 is 35.7 Å². The lowest BCUT2D eigenvalue weighted by molar-refractivity contribution is -0.114. The molecule has 3 nitrogen and oxygen atoms in total. The van der Waals surface area contributed by atoms with Crippen LogP contribution in [0.3, 0.4) is 0 Å². The third kappa shape index (κ3) is 1.93. The summed E-state index contributed by atoms with van der Waals surface area (Å²) in [5.74, 6) is 0.419. The summed E-state index contributed by atoms with van der Waals surface area (Å²) in [6.07, 6.45) is 0. The number of amides is 1. The van der Waals surface area contributed by atoms with Crippen LogP contribution in [0, 0.1) is 0 Å². The predicted octanol–water partition coefficient (Wildman–Crippen LogP) is 1.66. The quantitative estimate of drug-likeness (QED) is 0.701. The summed E-state index contributed by atoms with van der Waals surface area (Å²) in [6, 6.07) is 0. The van der Waals surface area contributed by atoms with Gasteiger partial charge >= 0.3 is 0 Å². The fourth-order valence-corrected chi connectivity index (χ4v) is 1.21. The Morgan fingerprint density at radius 3 is 3.00 bits per heavy atom. The highest BCUT2D eigenvalue weighted by Crippen LogP contribution is 2.16. The molecule has 1 amide bonds. The first-order valence-electron chi connectivity index (χ1n) is 2.58. The Bertz CT molecular complexity index is 246. The molecule has 0 aromatic carbocycles. The number of nitrogens with zero attached hydrogens (tertiary/aromatic N) is 1. The average Bonchev–Trinajstić information content (AvgIpc) is 2.13. The molecule has 0 saturated carbocycles. The standard InChI is InChI=1S/C5H5N2OS2/c1-3(8)6-4-2-10-5(9)7-4/h2H,1H3,(H,6,8). The first-order valence-corrected chi connectivity index (χ1v) is 3.87. The summed E-state index contributed by atoms with van der Waals surface area (Å²) in [6.45, 7) is 1.43. The third-order valence-corrected chi connectivity index (χ3v) is 1.80. The van der Waals surface area contributed by atoms with Crippen molar-refractivity contribution in [3.63, 3.8) is 0 Å². The first kappa shape index (κ1) is 7.43. The molecule has 1 aromatic rings. The van der Waals surface area contributed by atoms with Crippen LogP contribution in [0.15, 0.2) is 9.72 Å². The van der Waals surface area contributed by atoms with Gasteiger partial charge in [-0.3, -0.25) is 4.79 Å². The third-order valence-electron chi connectivity index (χ3n) is 0.787. The van der Waals surface area contributed by atoms with Gasteiger partial charge in [-0.25, -0.2) is 4.98 Å². The van der Waals surface area contributed by atoms with Gasteiger partial charge in [0.15, 0.2) is 4.34 Å². The molecule has 0 unspecified atom stereocenters. The number of hydrogen-bond donors (Lipinski definition) is 1. The fraction of sp³-hybridized carbons (Fsp3) is 0.200. The lowest BCUT2D eigenvalue weighted by Crippen LogP contribution is -2.05. The highest BCUT2D eigenvalue weighted by molar-refractivity contribution is 7.82. The largest absolute Gasteiger partial charge is 0.310 e. The van der Waals surface area contributed by atoms with Crippen LogP contribution in [0.25, 0.3) is 0 Å². The van der Waals surface area contributed by atoms with Gasteiger partial charge in [0.25, 0.3) is 0 Å². The minimum Gasteiger partial charge on any atom is -0.310 e. The molecule has 0 bridgehead atoms. The molecular formula is C5H5N2OS2. The summed E-state index contributed by atoms with van der Waals surface area (Å²) in [4.78, 5) is 14.3. The zero-order chi connectivity index (χ0) is 7.56. The van der Waals surface area contributed by atoms with Crippen molar-refractivity contribution in [1.29, 1.82) is 0 Å². The molecule has 0 fully saturated rings. The predicted molar refractivity (Wildman–Crippen MR) is 42.3 cm³/mol. The van der Waals surface area contributed by atoms with E-state index in [0.29, 0.717) is 10.2 Å². The van der Waals surface area contributed by atoms with E-state index < -0.39 is 0 Å². The number of nitrogens with one attached hydrogen (secondary N) is 1. The average molecular weight is 173 g/mol. The van der Waals surface area contributed by atoms with Gasteiger partial charge in [0.2, 0.25) is 5.91 Å². The molecule has 10 heavy (non-hydrogen) atoms. The smallest absolute Gasteiger partial charge is 0.222 e. The van der Waals surface area contributed by atoms with E-state index in [1.54, 1.807) is 5.38 Å². The van der Waals surface area contributed by atoms with E-state index >= 15 is 0 Å². The summed E-state index contributed by atoms with van der Waals surface area (Å²) < 4.78 is 0.545. The summed E-state index contributed by atoms with van der Waals surface area (Å²) >= 11 is 6.08. The zero-order valence-electron chi connectivity index (χ0n) is 5.25. The van der Waals surface area contributed by atoms with E-state index in [0.717, 1.165) is 0 Å². The number of carbonyl (C=O) groups excluding carboxylic acids is 1. The highest BCUT2D eigenvalue weighted by Gasteiger charge is 1.98. The second kappa shape index (κ2) is 2.94. The second-order valence-electron chi connectivity index (χ2n) is 1.68. The van der Waals surface area contributed by atoms with Gasteiger partial charge in [0, 0.05) is 12.3 Å². The topological polar surface area (TPSA) is 42.0 Å². The van der Waals surface area contributed by atoms with Crippen LogP contribution < -0.4 is 5.32 Å². The molecule has 5 heteroatoms. The SMILES string of the molecule is CC(=O)Nc1csc([S])n1. The summed E-state index contributed by atoms with van der Waals surface area (Å²) in [5, 5.41) is 4.23. The Balaban J connectivity index is 2.67. The van der Waals surface area contributed by atoms with Crippen molar-refractivity contribution in [2.24, 2.45) is 0 Å². The number of aromatic nitrogens is 1. The van der Waals surface area contributed by atoms with Gasteiger partial charge < -0.3 is 5.32 Å². The van der Waals surface area contributed by atoms with E-state index in [-0.39, 0.29) is 5.91 Å². The Morgan fingerprint density at radius 2 is 2.60 bits per heavy atom. The molecule has 1 aromatic heterocycles. The Labute approximate surface area is 67.9 Å². The molecular weight excluding hydrogens is 168 g/mol. The Hall–Kier alpha value is -0.680. The molecule has 0 spiro atoms. The molecule has 1 radical (unpaired) electrons. The van der Waals surface area contributed by atoms with E-state index in [1.165, 1.54) is 18.3 Å².